The first kappa shape index (κ1) is 15.7. The van der Waals surface area contributed by atoms with E-state index in [0.29, 0.717) is 6.54 Å². The van der Waals surface area contributed by atoms with E-state index in [2.05, 4.69) is 64.8 Å². The predicted octanol–water partition coefficient (Wildman–Crippen LogP) is 3.07. The summed E-state index contributed by atoms with van der Waals surface area (Å²) in [6, 6.07) is 10.6. The van der Waals surface area contributed by atoms with Crippen LogP contribution in [0.4, 0.5) is 5.82 Å². The van der Waals surface area contributed by atoms with Gasteiger partial charge >= 0.3 is 0 Å². The SMILES string of the molecule is C[C@H](c1ccccc1)N1CNc2c(c(=O)nc3n2CC(C)(C)S3)C1. The monoisotopic (exact) mass is 342 g/mol. The number of rotatable bonds is 2. The maximum atomic E-state index is 12.5. The summed E-state index contributed by atoms with van der Waals surface area (Å²) < 4.78 is 2.25. The maximum Gasteiger partial charge on any atom is 0.280 e. The van der Waals surface area contributed by atoms with Gasteiger partial charge in [-0.2, -0.15) is 4.98 Å². The van der Waals surface area contributed by atoms with Crippen molar-refractivity contribution < 1.29 is 0 Å². The van der Waals surface area contributed by atoms with E-state index in [-0.39, 0.29) is 16.3 Å². The molecule has 0 saturated heterocycles. The number of hydrogen-bond donors (Lipinski definition) is 1. The first-order valence-electron chi connectivity index (χ1n) is 8.30. The number of benzene rings is 1. The number of thioether (sulfide) groups is 1. The summed E-state index contributed by atoms with van der Waals surface area (Å²) in [7, 11) is 0. The van der Waals surface area contributed by atoms with Crippen LogP contribution in [0.5, 0.6) is 0 Å². The molecule has 5 nitrogen and oxygen atoms in total. The van der Waals surface area contributed by atoms with Gasteiger partial charge in [0.25, 0.3) is 5.56 Å². The van der Waals surface area contributed by atoms with Gasteiger partial charge in [0.1, 0.15) is 5.82 Å². The molecule has 1 aromatic carbocycles. The highest BCUT2D eigenvalue weighted by molar-refractivity contribution is 8.00. The molecule has 2 aliphatic heterocycles. The van der Waals surface area contributed by atoms with Gasteiger partial charge in [-0.1, -0.05) is 42.1 Å². The van der Waals surface area contributed by atoms with Crippen molar-refractivity contribution >= 4 is 17.6 Å². The van der Waals surface area contributed by atoms with E-state index in [1.165, 1.54) is 5.56 Å². The molecule has 0 bridgehead atoms. The van der Waals surface area contributed by atoms with Crippen LogP contribution in [0.15, 0.2) is 40.3 Å². The largest absolute Gasteiger partial charge is 0.358 e. The first-order chi connectivity index (χ1) is 11.4. The molecule has 1 aromatic heterocycles. The molecule has 6 heteroatoms. The summed E-state index contributed by atoms with van der Waals surface area (Å²) in [6.45, 7) is 8.81. The summed E-state index contributed by atoms with van der Waals surface area (Å²) in [4.78, 5) is 19.1. The van der Waals surface area contributed by atoms with E-state index >= 15 is 0 Å². The van der Waals surface area contributed by atoms with Crippen molar-refractivity contribution in [2.24, 2.45) is 0 Å². The average molecular weight is 342 g/mol. The lowest BCUT2D eigenvalue weighted by Gasteiger charge is -2.35. The van der Waals surface area contributed by atoms with Gasteiger partial charge in [-0.15, -0.1) is 0 Å². The minimum atomic E-state index is -0.0982. The third kappa shape index (κ3) is 2.63. The predicted molar refractivity (Wildman–Crippen MR) is 97.3 cm³/mol. The Hall–Kier alpha value is -1.79. The van der Waals surface area contributed by atoms with Crippen molar-refractivity contribution in [3.63, 3.8) is 0 Å². The van der Waals surface area contributed by atoms with E-state index in [1.807, 2.05) is 6.07 Å². The minimum absolute atomic E-state index is 0.0811. The lowest BCUT2D eigenvalue weighted by molar-refractivity contribution is 0.206. The summed E-state index contributed by atoms with van der Waals surface area (Å²) in [6.07, 6.45) is 0. The average Bonchev–Trinajstić information content (AvgIpc) is 2.89. The van der Waals surface area contributed by atoms with Crippen LogP contribution < -0.4 is 10.9 Å². The number of nitrogens with one attached hydrogen (secondary N) is 1. The lowest BCUT2D eigenvalue weighted by atomic mass is 10.1. The summed E-state index contributed by atoms with van der Waals surface area (Å²) in [5, 5.41) is 4.31. The molecule has 0 fully saturated rings. The van der Waals surface area contributed by atoms with E-state index in [4.69, 9.17) is 0 Å². The molecule has 0 radical (unpaired) electrons. The normalized spacial score (nSPS) is 20.1. The van der Waals surface area contributed by atoms with E-state index in [0.717, 1.165) is 29.8 Å². The molecule has 3 heterocycles. The zero-order chi connectivity index (χ0) is 16.9. The van der Waals surface area contributed by atoms with Crippen LogP contribution in [0, 0.1) is 0 Å². The fourth-order valence-corrected chi connectivity index (χ4v) is 4.54. The second-order valence-corrected chi connectivity index (χ2v) is 8.82. The summed E-state index contributed by atoms with van der Waals surface area (Å²) >= 11 is 1.68. The van der Waals surface area contributed by atoms with Crippen LogP contribution >= 0.6 is 11.8 Å². The maximum absolute atomic E-state index is 12.5. The topological polar surface area (TPSA) is 50.2 Å². The zero-order valence-corrected chi connectivity index (χ0v) is 15.1. The van der Waals surface area contributed by atoms with Gasteiger partial charge in [-0.3, -0.25) is 9.69 Å². The molecule has 0 saturated carbocycles. The molecule has 4 rings (SSSR count). The lowest BCUT2D eigenvalue weighted by Crippen LogP contribution is -2.40. The molecular formula is C18H22N4OS. The highest BCUT2D eigenvalue weighted by Crippen LogP contribution is 2.41. The van der Waals surface area contributed by atoms with E-state index in [1.54, 1.807) is 11.8 Å². The highest BCUT2D eigenvalue weighted by atomic mass is 32.2. The summed E-state index contributed by atoms with van der Waals surface area (Å²) in [5.74, 6) is 0.958. The molecule has 2 aromatic rings. The van der Waals surface area contributed by atoms with Gasteiger partial charge in [0, 0.05) is 23.9 Å². The Balaban J connectivity index is 1.66. The van der Waals surface area contributed by atoms with Crippen LogP contribution in [0.1, 0.15) is 37.9 Å². The smallest absolute Gasteiger partial charge is 0.280 e. The van der Waals surface area contributed by atoms with Crippen molar-refractivity contribution in [1.29, 1.82) is 0 Å². The van der Waals surface area contributed by atoms with Crippen molar-refractivity contribution in [2.75, 3.05) is 12.0 Å². The highest BCUT2D eigenvalue weighted by Gasteiger charge is 2.35. The van der Waals surface area contributed by atoms with E-state index < -0.39 is 0 Å². The Morgan fingerprint density at radius 3 is 2.79 bits per heavy atom. The first-order valence-corrected chi connectivity index (χ1v) is 9.12. The van der Waals surface area contributed by atoms with Gasteiger partial charge < -0.3 is 9.88 Å². The number of nitrogens with zero attached hydrogens (tertiary/aromatic N) is 3. The van der Waals surface area contributed by atoms with Crippen LogP contribution in [0.3, 0.4) is 0 Å². The molecule has 1 atom stereocenters. The van der Waals surface area contributed by atoms with Gasteiger partial charge in [-0.25, -0.2) is 0 Å². The minimum Gasteiger partial charge on any atom is -0.358 e. The van der Waals surface area contributed by atoms with Crippen molar-refractivity contribution in [3.8, 4) is 0 Å². The molecule has 0 spiro atoms. The van der Waals surface area contributed by atoms with Crippen molar-refractivity contribution in [2.45, 2.75) is 49.8 Å². The van der Waals surface area contributed by atoms with E-state index in [9.17, 15) is 4.79 Å². The fraction of sp³-hybridized carbons (Fsp3) is 0.444. The van der Waals surface area contributed by atoms with Crippen LogP contribution in [-0.2, 0) is 13.1 Å². The Morgan fingerprint density at radius 2 is 2.04 bits per heavy atom. The van der Waals surface area contributed by atoms with Gasteiger partial charge in [0.05, 0.1) is 12.2 Å². The summed E-state index contributed by atoms with van der Waals surface area (Å²) in [5.41, 5.74) is 1.94. The van der Waals surface area contributed by atoms with Gasteiger partial charge in [0.15, 0.2) is 5.16 Å². The molecule has 24 heavy (non-hydrogen) atoms. The second kappa shape index (κ2) is 5.63. The van der Waals surface area contributed by atoms with Crippen LogP contribution in [-0.4, -0.2) is 25.9 Å². The van der Waals surface area contributed by atoms with Crippen molar-refractivity contribution in [3.05, 3.63) is 51.8 Å². The van der Waals surface area contributed by atoms with Gasteiger partial charge in [0.2, 0.25) is 0 Å². The Bertz CT molecular complexity index is 831. The molecule has 2 aliphatic rings. The molecule has 0 unspecified atom stereocenters. The molecule has 0 amide bonds. The van der Waals surface area contributed by atoms with Gasteiger partial charge in [-0.05, 0) is 26.3 Å². The third-order valence-electron chi connectivity index (χ3n) is 4.79. The molecule has 126 valence electrons. The number of hydrogen-bond acceptors (Lipinski definition) is 5. The Kier molecular flexibility index (Phi) is 3.69. The molecular weight excluding hydrogens is 320 g/mol. The Morgan fingerprint density at radius 1 is 1.29 bits per heavy atom. The second-order valence-electron chi connectivity index (χ2n) is 7.14. The number of fused-ring (bicyclic) bond motifs is 3. The molecule has 0 aliphatic carbocycles. The zero-order valence-electron chi connectivity index (χ0n) is 14.2. The van der Waals surface area contributed by atoms with Crippen LogP contribution in [0.2, 0.25) is 0 Å². The standard InChI is InChI=1S/C18H22N4OS/c1-12(13-7-5-4-6-8-13)21-9-14-15(19-11-21)22-10-18(2,3)24-17(22)20-16(14)23/h4-8,12,19H,9-11H2,1-3H3/t12-/m1/s1. The molecule has 1 N–H and O–H groups in total. The number of aromatic nitrogens is 2. The van der Waals surface area contributed by atoms with Crippen LogP contribution in [0.25, 0.3) is 0 Å². The fourth-order valence-electron chi connectivity index (χ4n) is 3.46. The third-order valence-corrected chi connectivity index (χ3v) is 5.96. The van der Waals surface area contributed by atoms with Crippen molar-refractivity contribution in [1.82, 2.24) is 14.5 Å². The Labute approximate surface area is 146 Å². The number of anilines is 1. The quantitative estimate of drug-likeness (QED) is 0.850.